The third-order valence-electron chi connectivity index (χ3n) is 8.97. The number of hydrogen-bond donors (Lipinski definition) is 0. The molecule has 1 heterocycles. The van der Waals surface area contributed by atoms with Crippen LogP contribution in [0.3, 0.4) is 0 Å². The molecule has 1 unspecified atom stereocenters. The summed E-state index contributed by atoms with van der Waals surface area (Å²) >= 11 is 0. The molecule has 41 heavy (non-hydrogen) atoms. The van der Waals surface area contributed by atoms with Crippen LogP contribution in [0.1, 0.15) is 67.7 Å². The van der Waals surface area contributed by atoms with Crippen LogP contribution in [0.2, 0.25) is 0 Å². The van der Waals surface area contributed by atoms with E-state index in [-0.39, 0.29) is 12.0 Å². The summed E-state index contributed by atoms with van der Waals surface area (Å²) in [5, 5.41) is 4.50. The molecule has 1 aromatic heterocycles. The molecule has 4 aromatic carbocycles. The summed E-state index contributed by atoms with van der Waals surface area (Å²) in [6.07, 6.45) is 12.0. The Hall–Kier alpha value is -4.05. The molecule has 0 radical (unpaired) electrons. The molecule has 0 spiro atoms. The van der Waals surface area contributed by atoms with E-state index in [1.54, 1.807) is 0 Å². The molecular formula is C37H35FN2O. The molecule has 0 N–H and O–H groups in total. The summed E-state index contributed by atoms with van der Waals surface area (Å²) in [7, 11) is 0. The predicted molar refractivity (Wildman–Crippen MR) is 170 cm³/mol. The van der Waals surface area contributed by atoms with Crippen LogP contribution in [0.15, 0.2) is 93.3 Å². The smallest absolute Gasteiger partial charge is 0.155 e. The summed E-state index contributed by atoms with van der Waals surface area (Å²) in [6, 6.07) is 24.9. The Labute approximate surface area is 240 Å². The van der Waals surface area contributed by atoms with Gasteiger partial charge in [0.05, 0.1) is 6.04 Å². The minimum absolute atomic E-state index is 0.260. The van der Waals surface area contributed by atoms with Gasteiger partial charge in [-0.2, -0.15) is 0 Å². The first-order chi connectivity index (χ1) is 20.2. The van der Waals surface area contributed by atoms with E-state index in [4.69, 9.17) is 14.4 Å². The number of benzene rings is 4. The van der Waals surface area contributed by atoms with Gasteiger partial charge in [-0.25, -0.2) is 9.38 Å². The Morgan fingerprint density at radius 2 is 1.71 bits per heavy atom. The zero-order valence-electron chi connectivity index (χ0n) is 23.6. The molecule has 7 rings (SSSR count). The third kappa shape index (κ3) is 5.01. The second-order valence-corrected chi connectivity index (χ2v) is 11.6. The highest BCUT2D eigenvalue weighted by Crippen LogP contribution is 2.34. The van der Waals surface area contributed by atoms with Crippen LogP contribution < -0.4 is 0 Å². The molecule has 1 fully saturated rings. The lowest BCUT2D eigenvalue weighted by molar-refractivity contribution is 0.266. The van der Waals surface area contributed by atoms with Gasteiger partial charge in [0.1, 0.15) is 17.8 Å². The van der Waals surface area contributed by atoms with E-state index < -0.39 is 6.67 Å². The summed E-state index contributed by atoms with van der Waals surface area (Å²) in [6.45, 7) is 1.59. The fraction of sp³-hybridized carbons (Fsp3) is 0.297. The van der Waals surface area contributed by atoms with Gasteiger partial charge in [0.15, 0.2) is 5.84 Å². The molecule has 1 saturated carbocycles. The lowest BCUT2D eigenvalue weighted by atomic mass is 9.84. The van der Waals surface area contributed by atoms with Crippen LogP contribution in [0.25, 0.3) is 38.8 Å². The standard InChI is InChI=1S/C37H35FN2O/c1-24(30-17-9-15-25-10-7-8-16-31(25)30)39-37(40-34(23-38)26-11-3-2-4-12-26)29-18-19-32-33-20-27-13-5-6-14-28(27)21-36(33)41-35(32)22-29/h5-7,9-10,13-15,17-22,26,34H,2-4,8,11-12,16,23H2,1H3/b39-24+,40-37-. The third-order valence-corrected chi connectivity index (χ3v) is 8.97. The van der Waals surface area contributed by atoms with Crippen molar-refractivity contribution in [3.63, 3.8) is 0 Å². The van der Waals surface area contributed by atoms with E-state index in [2.05, 4.69) is 79.7 Å². The Morgan fingerprint density at radius 1 is 0.902 bits per heavy atom. The maximum absolute atomic E-state index is 14.6. The number of hydrogen-bond acceptors (Lipinski definition) is 2. The zero-order chi connectivity index (χ0) is 27.8. The number of halogens is 1. The monoisotopic (exact) mass is 542 g/mol. The molecule has 206 valence electrons. The lowest BCUT2D eigenvalue weighted by Crippen LogP contribution is -2.25. The second kappa shape index (κ2) is 11.1. The molecule has 1 atom stereocenters. The van der Waals surface area contributed by atoms with Gasteiger partial charge in [-0.05, 0) is 90.3 Å². The van der Waals surface area contributed by atoms with Crippen LogP contribution in [-0.2, 0) is 6.42 Å². The molecule has 4 heteroatoms. The van der Waals surface area contributed by atoms with Crippen LogP contribution in [0.4, 0.5) is 4.39 Å². The minimum Gasteiger partial charge on any atom is -0.456 e. The molecule has 3 nitrogen and oxygen atoms in total. The molecule has 0 aliphatic heterocycles. The van der Waals surface area contributed by atoms with Gasteiger partial charge in [-0.15, -0.1) is 0 Å². The minimum atomic E-state index is -0.465. The number of furan rings is 1. The van der Waals surface area contributed by atoms with Crippen LogP contribution in [-0.4, -0.2) is 24.3 Å². The number of rotatable bonds is 5. The van der Waals surface area contributed by atoms with Crippen molar-refractivity contribution in [2.75, 3.05) is 6.67 Å². The van der Waals surface area contributed by atoms with Gasteiger partial charge in [-0.3, -0.25) is 4.99 Å². The number of aliphatic imine (C=N–C) groups is 2. The van der Waals surface area contributed by atoms with Gasteiger partial charge in [0.2, 0.25) is 0 Å². The fourth-order valence-corrected chi connectivity index (χ4v) is 6.75. The van der Waals surface area contributed by atoms with Crippen molar-refractivity contribution in [3.8, 4) is 0 Å². The highest BCUT2D eigenvalue weighted by Gasteiger charge is 2.24. The van der Waals surface area contributed by atoms with Gasteiger partial charge in [0, 0.05) is 22.0 Å². The van der Waals surface area contributed by atoms with Crippen molar-refractivity contribution < 1.29 is 8.81 Å². The summed E-state index contributed by atoms with van der Waals surface area (Å²) in [5.41, 5.74) is 7.15. The van der Waals surface area contributed by atoms with Gasteiger partial charge in [-0.1, -0.05) is 79.9 Å². The SMILES string of the molecule is C/C(=N\C(=N/C(CF)C1CCCCC1)c1ccc2c(c1)oc1cc3ccccc3cc12)c1cccc2c1CCC=C2. The topological polar surface area (TPSA) is 37.9 Å². The first-order valence-corrected chi connectivity index (χ1v) is 15.0. The molecule has 0 bridgehead atoms. The van der Waals surface area contributed by atoms with Crippen LogP contribution >= 0.6 is 0 Å². The first kappa shape index (κ1) is 25.9. The van der Waals surface area contributed by atoms with Crippen molar-refractivity contribution in [1.82, 2.24) is 0 Å². The Morgan fingerprint density at radius 3 is 2.54 bits per heavy atom. The lowest BCUT2D eigenvalue weighted by Gasteiger charge is -2.26. The molecule has 2 aliphatic carbocycles. The summed E-state index contributed by atoms with van der Waals surface area (Å²) in [5.74, 6) is 0.850. The fourth-order valence-electron chi connectivity index (χ4n) is 6.75. The van der Waals surface area contributed by atoms with E-state index in [1.165, 1.54) is 22.9 Å². The predicted octanol–water partition coefficient (Wildman–Crippen LogP) is 9.87. The number of nitrogens with zero attached hydrogens (tertiary/aromatic N) is 2. The Kier molecular flexibility index (Phi) is 7.00. The van der Waals surface area contributed by atoms with E-state index in [1.807, 2.05) is 12.1 Å². The van der Waals surface area contributed by atoms with E-state index in [9.17, 15) is 4.39 Å². The second-order valence-electron chi connectivity index (χ2n) is 11.6. The Balaban J connectivity index is 1.35. The molecule has 0 amide bonds. The normalized spacial score (nSPS) is 17.4. The van der Waals surface area contributed by atoms with Gasteiger partial charge >= 0.3 is 0 Å². The molecule has 5 aromatic rings. The van der Waals surface area contributed by atoms with Crippen molar-refractivity contribution in [2.24, 2.45) is 15.9 Å². The van der Waals surface area contributed by atoms with E-state index >= 15 is 0 Å². The number of alkyl halides is 1. The molecule has 0 saturated heterocycles. The maximum atomic E-state index is 14.6. The highest BCUT2D eigenvalue weighted by atomic mass is 19.1. The largest absolute Gasteiger partial charge is 0.456 e. The van der Waals surface area contributed by atoms with E-state index in [0.717, 1.165) is 82.7 Å². The number of fused-ring (bicyclic) bond motifs is 5. The highest BCUT2D eigenvalue weighted by molar-refractivity contribution is 6.15. The summed E-state index contributed by atoms with van der Waals surface area (Å²) in [4.78, 5) is 10.2. The summed E-state index contributed by atoms with van der Waals surface area (Å²) < 4.78 is 20.9. The number of allylic oxidation sites excluding steroid dienone is 1. The molecular weight excluding hydrogens is 507 g/mol. The first-order valence-electron chi connectivity index (χ1n) is 15.0. The van der Waals surface area contributed by atoms with Gasteiger partial charge in [0.25, 0.3) is 0 Å². The van der Waals surface area contributed by atoms with Crippen LogP contribution in [0, 0.1) is 5.92 Å². The molecule has 2 aliphatic rings. The average molecular weight is 543 g/mol. The van der Waals surface area contributed by atoms with E-state index in [0.29, 0.717) is 5.84 Å². The quantitative estimate of drug-likeness (QED) is 0.161. The number of amidine groups is 1. The maximum Gasteiger partial charge on any atom is 0.155 e. The van der Waals surface area contributed by atoms with Crippen molar-refractivity contribution in [1.29, 1.82) is 0 Å². The zero-order valence-corrected chi connectivity index (χ0v) is 23.6. The Bertz CT molecular complexity index is 1840. The average Bonchev–Trinajstić information content (AvgIpc) is 3.38. The van der Waals surface area contributed by atoms with Crippen molar-refractivity contribution in [2.45, 2.75) is 57.9 Å². The van der Waals surface area contributed by atoms with Crippen molar-refractivity contribution >= 4 is 50.3 Å². The van der Waals surface area contributed by atoms with Crippen LogP contribution in [0.5, 0.6) is 0 Å². The van der Waals surface area contributed by atoms with Crippen molar-refractivity contribution in [3.05, 3.63) is 101 Å². The van der Waals surface area contributed by atoms with Gasteiger partial charge < -0.3 is 4.42 Å².